The number of nitrogens with one attached hydrogen (secondary N) is 1. The lowest BCUT2D eigenvalue weighted by Crippen LogP contribution is -2.24. The molecule has 1 aromatic carbocycles. The number of carbonyl (C=O) groups is 2. The molecule has 4 N–H and O–H groups in total. The predicted molar refractivity (Wildman–Crippen MR) is 68.2 cm³/mol. The number of phenols is 2. The van der Waals surface area contributed by atoms with Gasteiger partial charge in [-0.05, 0) is 25.0 Å². The van der Waals surface area contributed by atoms with Gasteiger partial charge in [-0.25, -0.2) is 0 Å². The van der Waals surface area contributed by atoms with Gasteiger partial charge >= 0.3 is 5.97 Å². The fourth-order valence-electron chi connectivity index (χ4n) is 1.61. The predicted octanol–water partition coefficient (Wildman–Crippen LogP) is 1.47. The Morgan fingerprint density at radius 1 is 1.00 bits per heavy atom. The van der Waals surface area contributed by atoms with E-state index in [0.717, 1.165) is 12.5 Å². The molecule has 1 aromatic rings. The van der Waals surface area contributed by atoms with Crippen molar-refractivity contribution in [2.45, 2.75) is 25.7 Å². The average molecular weight is 267 g/mol. The maximum atomic E-state index is 11.7. The Morgan fingerprint density at radius 2 is 1.63 bits per heavy atom. The van der Waals surface area contributed by atoms with Crippen molar-refractivity contribution in [3.63, 3.8) is 0 Å². The number of phenolic OH excluding ortho intramolecular Hbond substituents is 2. The highest BCUT2D eigenvalue weighted by atomic mass is 16.4. The Kier molecular flexibility index (Phi) is 5.66. The maximum Gasteiger partial charge on any atom is 0.303 e. The molecule has 6 nitrogen and oxygen atoms in total. The molecule has 0 aliphatic heterocycles. The third kappa shape index (κ3) is 5.76. The molecule has 104 valence electrons. The van der Waals surface area contributed by atoms with Crippen molar-refractivity contribution in [2.75, 3.05) is 6.54 Å². The van der Waals surface area contributed by atoms with Crippen LogP contribution in [0.25, 0.3) is 0 Å². The summed E-state index contributed by atoms with van der Waals surface area (Å²) in [4.78, 5) is 21.9. The standard InChI is InChI=1S/C13H17NO5/c15-10-6-9(7-11(16)8-10)13(19)14-5-3-1-2-4-12(17)18/h6-8,15-16H,1-5H2,(H,14,19)(H,17,18). The fourth-order valence-corrected chi connectivity index (χ4v) is 1.61. The van der Waals surface area contributed by atoms with Crippen LogP contribution in [0.3, 0.4) is 0 Å². The number of carboxylic acids is 1. The van der Waals surface area contributed by atoms with E-state index in [1.54, 1.807) is 0 Å². The minimum atomic E-state index is -0.820. The molecule has 0 atom stereocenters. The molecule has 0 bridgehead atoms. The van der Waals surface area contributed by atoms with Gasteiger partial charge in [-0.1, -0.05) is 6.42 Å². The van der Waals surface area contributed by atoms with Gasteiger partial charge in [-0.15, -0.1) is 0 Å². The van der Waals surface area contributed by atoms with Crippen LogP contribution in [0.4, 0.5) is 0 Å². The lowest BCUT2D eigenvalue weighted by Gasteiger charge is -2.06. The Hall–Kier alpha value is -2.24. The molecule has 1 amide bonds. The van der Waals surface area contributed by atoms with Gasteiger partial charge in [0.15, 0.2) is 0 Å². The molecule has 0 spiro atoms. The van der Waals surface area contributed by atoms with Crippen molar-refractivity contribution in [2.24, 2.45) is 0 Å². The van der Waals surface area contributed by atoms with E-state index in [0.29, 0.717) is 19.4 Å². The van der Waals surface area contributed by atoms with Crippen molar-refractivity contribution < 1.29 is 24.9 Å². The van der Waals surface area contributed by atoms with Crippen LogP contribution in [0.1, 0.15) is 36.0 Å². The van der Waals surface area contributed by atoms with Crippen LogP contribution in [0.2, 0.25) is 0 Å². The highest BCUT2D eigenvalue weighted by Gasteiger charge is 2.07. The quantitative estimate of drug-likeness (QED) is 0.560. The molecule has 0 heterocycles. The van der Waals surface area contributed by atoms with Crippen molar-refractivity contribution in [3.05, 3.63) is 23.8 Å². The fraction of sp³-hybridized carbons (Fsp3) is 0.385. The molecule has 19 heavy (non-hydrogen) atoms. The van der Waals surface area contributed by atoms with Crippen LogP contribution in [0, 0.1) is 0 Å². The topological polar surface area (TPSA) is 107 Å². The Bertz CT molecular complexity index is 438. The van der Waals surface area contributed by atoms with Gasteiger partial charge in [0.2, 0.25) is 0 Å². The van der Waals surface area contributed by atoms with Gasteiger partial charge in [0.05, 0.1) is 0 Å². The van der Waals surface area contributed by atoms with E-state index >= 15 is 0 Å². The van der Waals surface area contributed by atoms with E-state index in [4.69, 9.17) is 5.11 Å². The van der Waals surface area contributed by atoms with Gasteiger partial charge in [0.1, 0.15) is 11.5 Å². The van der Waals surface area contributed by atoms with Crippen molar-refractivity contribution in [1.29, 1.82) is 0 Å². The molecule has 0 saturated heterocycles. The number of hydrogen-bond donors (Lipinski definition) is 4. The second-order valence-electron chi connectivity index (χ2n) is 4.20. The van der Waals surface area contributed by atoms with Gasteiger partial charge in [0, 0.05) is 24.6 Å². The highest BCUT2D eigenvalue weighted by molar-refractivity contribution is 5.95. The Balaban J connectivity index is 2.29. The second-order valence-corrected chi connectivity index (χ2v) is 4.20. The van der Waals surface area contributed by atoms with Crippen LogP contribution < -0.4 is 5.32 Å². The summed E-state index contributed by atoms with van der Waals surface area (Å²) in [5, 5.41) is 29.6. The monoisotopic (exact) mass is 267 g/mol. The van der Waals surface area contributed by atoms with Gasteiger partial charge < -0.3 is 20.6 Å². The molecular weight excluding hydrogens is 250 g/mol. The van der Waals surface area contributed by atoms with E-state index < -0.39 is 5.97 Å². The van der Waals surface area contributed by atoms with E-state index in [9.17, 15) is 19.8 Å². The van der Waals surface area contributed by atoms with Crippen LogP contribution in [-0.4, -0.2) is 33.7 Å². The zero-order valence-electron chi connectivity index (χ0n) is 10.4. The SMILES string of the molecule is O=C(O)CCCCCNC(=O)c1cc(O)cc(O)c1. The minimum absolute atomic E-state index is 0.133. The molecule has 0 unspecified atom stereocenters. The van der Waals surface area contributed by atoms with Gasteiger partial charge in [-0.3, -0.25) is 9.59 Å². The number of hydrogen-bond acceptors (Lipinski definition) is 4. The Morgan fingerprint density at radius 3 is 2.21 bits per heavy atom. The number of carboxylic acid groups (broad SMARTS) is 1. The summed E-state index contributed by atoms with van der Waals surface area (Å²) >= 11 is 0. The van der Waals surface area contributed by atoms with Crippen LogP contribution in [0.15, 0.2) is 18.2 Å². The summed E-state index contributed by atoms with van der Waals surface area (Å²) < 4.78 is 0. The Labute approximate surface area is 110 Å². The van der Waals surface area contributed by atoms with E-state index in [2.05, 4.69) is 5.32 Å². The van der Waals surface area contributed by atoms with Gasteiger partial charge in [0.25, 0.3) is 5.91 Å². The summed E-state index contributed by atoms with van der Waals surface area (Å²) in [7, 11) is 0. The molecule has 0 saturated carbocycles. The molecule has 0 aliphatic carbocycles. The summed E-state index contributed by atoms with van der Waals surface area (Å²) in [6.45, 7) is 0.425. The van der Waals surface area contributed by atoms with E-state index in [1.165, 1.54) is 12.1 Å². The number of rotatable bonds is 7. The lowest BCUT2D eigenvalue weighted by molar-refractivity contribution is -0.137. The number of unbranched alkanes of at least 4 members (excludes halogenated alkanes) is 2. The minimum Gasteiger partial charge on any atom is -0.508 e. The van der Waals surface area contributed by atoms with E-state index in [1.807, 2.05) is 0 Å². The van der Waals surface area contributed by atoms with Crippen molar-refractivity contribution >= 4 is 11.9 Å². The van der Waals surface area contributed by atoms with E-state index in [-0.39, 0.29) is 29.4 Å². The average Bonchev–Trinajstić information content (AvgIpc) is 2.31. The second kappa shape index (κ2) is 7.25. The molecule has 0 aliphatic rings. The van der Waals surface area contributed by atoms with Crippen LogP contribution >= 0.6 is 0 Å². The van der Waals surface area contributed by atoms with Crippen molar-refractivity contribution in [1.82, 2.24) is 5.32 Å². The molecular formula is C13H17NO5. The third-order valence-electron chi connectivity index (χ3n) is 2.52. The van der Waals surface area contributed by atoms with Crippen molar-refractivity contribution in [3.8, 4) is 11.5 Å². The number of amides is 1. The first-order valence-corrected chi connectivity index (χ1v) is 6.02. The number of carbonyl (C=O) groups excluding carboxylic acids is 1. The summed E-state index contributed by atoms with van der Waals surface area (Å²) in [5.41, 5.74) is 0.183. The number of aromatic hydroxyl groups is 2. The van der Waals surface area contributed by atoms with Crippen LogP contribution in [0.5, 0.6) is 11.5 Å². The summed E-state index contributed by atoms with van der Waals surface area (Å²) in [5.74, 6) is -1.55. The normalized spacial score (nSPS) is 10.1. The first-order valence-electron chi connectivity index (χ1n) is 6.02. The zero-order chi connectivity index (χ0) is 14.3. The molecule has 6 heteroatoms. The smallest absolute Gasteiger partial charge is 0.303 e. The zero-order valence-corrected chi connectivity index (χ0v) is 10.4. The molecule has 0 aromatic heterocycles. The highest BCUT2D eigenvalue weighted by Crippen LogP contribution is 2.20. The molecule has 0 radical (unpaired) electrons. The third-order valence-corrected chi connectivity index (χ3v) is 2.52. The lowest BCUT2D eigenvalue weighted by atomic mass is 10.1. The maximum absolute atomic E-state index is 11.7. The number of benzene rings is 1. The largest absolute Gasteiger partial charge is 0.508 e. The molecule has 0 fully saturated rings. The van der Waals surface area contributed by atoms with Gasteiger partial charge in [-0.2, -0.15) is 0 Å². The first-order chi connectivity index (χ1) is 8.99. The summed E-state index contributed by atoms with van der Waals surface area (Å²) in [6, 6.07) is 3.67. The number of aliphatic carboxylic acids is 1. The first kappa shape index (κ1) is 14.8. The molecule has 1 rings (SSSR count). The van der Waals surface area contributed by atoms with Crippen LogP contribution in [-0.2, 0) is 4.79 Å². The summed E-state index contributed by atoms with van der Waals surface area (Å²) in [6.07, 6.45) is 2.12.